The Morgan fingerprint density at radius 1 is 0.259 bits per heavy atom. The topological polar surface area (TPSA) is 237 Å². The first-order valence-electron chi connectivity index (χ1n) is 45.7. The van der Waals surface area contributed by atoms with E-state index in [2.05, 4.69) is 55.4 Å². The Balaban J connectivity index is 5.25. The molecule has 0 saturated carbocycles. The van der Waals surface area contributed by atoms with E-state index in [1.165, 1.54) is 270 Å². The van der Waals surface area contributed by atoms with Crippen LogP contribution in [-0.2, 0) is 65.4 Å². The van der Waals surface area contributed by atoms with Crippen molar-refractivity contribution in [3.8, 4) is 0 Å². The number of phosphoric acid groups is 2. The molecule has 0 amide bonds. The molecule has 108 heavy (non-hydrogen) atoms. The summed E-state index contributed by atoms with van der Waals surface area (Å²) in [4.78, 5) is 73.4. The summed E-state index contributed by atoms with van der Waals surface area (Å²) < 4.78 is 69.0. The Bertz CT molecular complexity index is 2100. The van der Waals surface area contributed by atoms with Crippen molar-refractivity contribution in [1.82, 2.24) is 0 Å². The lowest BCUT2D eigenvalue weighted by Gasteiger charge is -2.21. The van der Waals surface area contributed by atoms with Crippen molar-refractivity contribution in [2.45, 2.75) is 485 Å². The van der Waals surface area contributed by atoms with Crippen molar-refractivity contribution in [2.24, 2.45) is 23.7 Å². The molecule has 0 aromatic rings. The molecule has 0 heterocycles. The SMILES string of the molecule is CCC(C)CCCCCCCCCCCCCCCCCCCCC(=O)O[C@H](COC(=O)CCCCCCCCCCCCCCCCCC(C)C)COP(=O)(O)OC[C@@H](O)COP(=O)(O)OC[C@@H](COC(=O)CCCCCCCCCCCC(C)C)OC(=O)CCCCCCCCCCCCCCCC(C)C. The molecule has 3 unspecified atom stereocenters. The van der Waals surface area contributed by atoms with E-state index in [-0.39, 0.29) is 25.7 Å². The van der Waals surface area contributed by atoms with Crippen molar-refractivity contribution in [3.05, 3.63) is 0 Å². The standard InChI is InChI=1S/C89H174O17P2/c1-9-82(8)68-60-52-44-36-28-22-16-12-10-11-13-17-24-30-38-47-55-63-71-88(93)105-84(75-99-86(91)69-61-53-45-37-29-23-18-14-15-20-26-33-41-49-57-65-79(2)3)77-103-107(95,96)101-73-83(90)74-102-108(97,98)104-78-85(76-100-87(92)70-62-54-46-40-32-35-43-51-59-67-81(6)7)106-89(94)72-64-56-48-39-31-25-19-21-27-34-42-50-58-66-80(4)5/h79-85,90H,9-78H2,1-8H3,(H,95,96)(H,97,98)/t82?,83-,84-,85-/m1/s1. The number of carbonyl (C=O) groups excluding carboxylic acids is 4. The first-order valence-corrected chi connectivity index (χ1v) is 48.7. The second kappa shape index (κ2) is 77.6. The predicted octanol–water partition coefficient (Wildman–Crippen LogP) is 27.1. The minimum Gasteiger partial charge on any atom is -0.462 e. The molecule has 0 aromatic carbocycles. The van der Waals surface area contributed by atoms with Gasteiger partial charge in [-0.05, 0) is 49.4 Å². The molecule has 3 N–H and O–H groups in total. The van der Waals surface area contributed by atoms with Gasteiger partial charge >= 0.3 is 39.5 Å². The highest BCUT2D eigenvalue weighted by Gasteiger charge is 2.31. The van der Waals surface area contributed by atoms with E-state index in [0.29, 0.717) is 25.7 Å². The van der Waals surface area contributed by atoms with Crippen LogP contribution in [0.15, 0.2) is 0 Å². The second-order valence-electron chi connectivity index (χ2n) is 33.7. The third kappa shape index (κ3) is 80.7. The summed E-state index contributed by atoms with van der Waals surface area (Å²) in [5, 5.41) is 10.7. The van der Waals surface area contributed by atoms with Gasteiger partial charge in [-0.25, -0.2) is 9.13 Å². The van der Waals surface area contributed by atoms with Gasteiger partial charge in [0, 0.05) is 25.7 Å². The molecule has 642 valence electrons. The maximum Gasteiger partial charge on any atom is 0.472 e. The first-order chi connectivity index (χ1) is 52.1. The summed E-state index contributed by atoms with van der Waals surface area (Å²) in [6.07, 6.45) is 68.0. The predicted molar refractivity (Wildman–Crippen MR) is 446 cm³/mol. The third-order valence-corrected chi connectivity index (χ3v) is 23.1. The molecule has 0 saturated heterocycles. The average molecular weight is 1580 g/mol. The van der Waals surface area contributed by atoms with Gasteiger partial charge in [-0.3, -0.25) is 37.3 Å². The number of esters is 4. The zero-order valence-corrected chi connectivity index (χ0v) is 73.3. The lowest BCUT2D eigenvalue weighted by Crippen LogP contribution is -2.30. The molecule has 0 spiro atoms. The minimum atomic E-state index is -4.97. The van der Waals surface area contributed by atoms with E-state index in [0.717, 1.165) is 114 Å². The maximum atomic E-state index is 13.2. The average Bonchev–Trinajstić information content (AvgIpc) is 0.900. The Labute approximate surface area is 664 Å². The van der Waals surface area contributed by atoms with Crippen LogP contribution in [0, 0.1) is 23.7 Å². The van der Waals surface area contributed by atoms with Gasteiger partial charge in [-0.2, -0.15) is 0 Å². The molecule has 0 aliphatic rings. The highest BCUT2D eigenvalue weighted by atomic mass is 31.2. The molecule has 19 heteroatoms. The van der Waals surface area contributed by atoms with Crippen LogP contribution < -0.4 is 0 Å². The molecule has 17 nitrogen and oxygen atoms in total. The van der Waals surface area contributed by atoms with E-state index in [9.17, 15) is 43.2 Å². The summed E-state index contributed by atoms with van der Waals surface area (Å²) in [6, 6.07) is 0. The number of aliphatic hydroxyl groups is 1. The van der Waals surface area contributed by atoms with Crippen molar-refractivity contribution in [2.75, 3.05) is 39.6 Å². The van der Waals surface area contributed by atoms with Crippen molar-refractivity contribution >= 4 is 39.5 Å². The zero-order valence-electron chi connectivity index (χ0n) is 71.5. The molecule has 0 aliphatic carbocycles. The van der Waals surface area contributed by atoms with E-state index in [4.69, 9.17) is 37.0 Å². The van der Waals surface area contributed by atoms with E-state index < -0.39 is 97.5 Å². The molecule has 0 aliphatic heterocycles. The number of hydrogen-bond acceptors (Lipinski definition) is 15. The fourth-order valence-electron chi connectivity index (χ4n) is 13.8. The summed E-state index contributed by atoms with van der Waals surface area (Å²) in [7, 11) is -9.94. The van der Waals surface area contributed by atoms with Gasteiger partial charge in [0.05, 0.1) is 26.4 Å². The molecule has 0 bridgehead atoms. The lowest BCUT2D eigenvalue weighted by atomic mass is 9.99. The van der Waals surface area contributed by atoms with Crippen LogP contribution in [0.3, 0.4) is 0 Å². The van der Waals surface area contributed by atoms with Crippen LogP contribution in [0.25, 0.3) is 0 Å². The Kier molecular flexibility index (Phi) is 76.2. The number of aliphatic hydroxyl groups excluding tert-OH is 1. The number of rotatable bonds is 86. The smallest absolute Gasteiger partial charge is 0.462 e. The molecule has 0 radical (unpaired) electrons. The number of unbranched alkanes of at least 4 members (excludes halogenated alkanes) is 51. The highest BCUT2D eigenvalue weighted by Crippen LogP contribution is 2.45. The fraction of sp³-hybridized carbons (Fsp3) is 0.955. The van der Waals surface area contributed by atoms with Crippen LogP contribution >= 0.6 is 15.6 Å². The summed E-state index contributed by atoms with van der Waals surface area (Å²) in [5.41, 5.74) is 0. The quantitative estimate of drug-likeness (QED) is 0.0222. The van der Waals surface area contributed by atoms with Crippen LogP contribution in [0.4, 0.5) is 0 Å². The van der Waals surface area contributed by atoms with E-state index in [1.54, 1.807) is 0 Å². The van der Waals surface area contributed by atoms with Crippen molar-refractivity contribution in [3.63, 3.8) is 0 Å². The van der Waals surface area contributed by atoms with Gasteiger partial charge < -0.3 is 33.8 Å². The van der Waals surface area contributed by atoms with E-state index in [1.807, 2.05) is 0 Å². The zero-order chi connectivity index (χ0) is 79.5. The number of carbonyl (C=O) groups is 4. The maximum absolute atomic E-state index is 13.2. The molecule has 0 aromatic heterocycles. The third-order valence-electron chi connectivity index (χ3n) is 21.2. The van der Waals surface area contributed by atoms with Gasteiger partial charge in [0.15, 0.2) is 12.2 Å². The fourth-order valence-corrected chi connectivity index (χ4v) is 15.4. The largest absolute Gasteiger partial charge is 0.472 e. The van der Waals surface area contributed by atoms with Crippen molar-refractivity contribution in [1.29, 1.82) is 0 Å². The van der Waals surface area contributed by atoms with Crippen LogP contribution in [0.1, 0.15) is 466 Å². The van der Waals surface area contributed by atoms with Crippen molar-refractivity contribution < 1.29 is 80.2 Å². The van der Waals surface area contributed by atoms with Crippen LogP contribution in [0.5, 0.6) is 0 Å². The molecular formula is C89H174O17P2. The van der Waals surface area contributed by atoms with Gasteiger partial charge in [-0.1, -0.05) is 415 Å². The van der Waals surface area contributed by atoms with Crippen LogP contribution in [0.2, 0.25) is 0 Å². The van der Waals surface area contributed by atoms with Gasteiger partial charge in [0.2, 0.25) is 0 Å². The van der Waals surface area contributed by atoms with Gasteiger partial charge in [0.1, 0.15) is 19.3 Å². The number of hydrogen-bond donors (Lipinski definition) is 3. The summed E-state index contributed by atoms with van der Waals surface area (Å²) in [6.45, 7) is 14.4. The summed E-state index contributed by atoms with van der Waals surface area (Å²) in [5.74, 6) is 1.10. The van der Waals surface area contributed by atoms with Gasteiger partial charge in [-0.15, -0.1) is 0 Å². The monoisotopic (exact) mass is 1580 g/mol. The Hall–Kier alpha value is -1.94. The summed E-state index contributed by atoms with van der Waals surface area (Å²) >= 11 is 0. The Morgan fingerprint density at radius 3 is 0.657 bits per heavy atom. The lowest BCUT2D eigenvalue weighted by molar-refractivity contribution is -0.161. The molecule has 0 fully saturated rings. The normalized spacial score (nSPS) is 14.1. The highest BCUT2D eigenvalue weighted by molar-refractivity contribution is 7.47. The molecular weight excluding hydrogens is 1400 g/mol. The number of phosphoric ester groups is 2. The number of ether oxygens (including phenoxy) is 4. The minimum absolute atomic E-state index is 0.107. The molecule has 0 rings (SSSR count). The second-order valence-corrected chi connectivity index (χ2v) is 36.6. The first kappa shape index (κ1) is 106. The van der Waals surface area contributed by atoms with Gasteiger partial charge in [0.25, 0.3) is 0 Å². The Morgan fingerprint density at radius 2 is 0.444 bits per heavy atom. The molecule has 6 atom stereocenters. The van der Waals surface area contributed by atoms with E-state index >= 15 is 0 Å². The van der Waals surface area contributed by atoms with Crippen LogP contribution in [-0.4, -0.2) is 96.7 Å².